The van der Waals surface area contributed by atoms with E-state index in [1.54, 1.807) is 46.9 Å². The van der Waals surface area contributed by atoms with Crippen LogP contribution < -0.4 is 5.32 Å². The zero-order valence-electron chi connectivity index (χ0n) is 44.5. The number of aliphatic imine (C=N–C) groups is 2. The van der Waals surface area contributed by atoms with Gasteiger partial charge in [0.05, 0.1) is 28.8 Å². The van der Waals surface area contributed by atoms with E-state index in [1.807, 2.05) is 29.2 Å². The average Bonchev–Trinajstić information content (AvgIpc) is 4.27. The lowest BCUT2D eigenvalue weighted by Crippen LogP contribution is -2.50. The standard InChI is InChI=1S/C31H39N3O4S.C29H36N2O3S/c1-30(2,3)23-12-16-31(17-13-23)33-27(25-11-10-24(39-25)21-8-9-21)29(38)34(31)19-15-20-4-6-22(7-5-20)28(37)32-18-14-26(35)36;1-28(2,3)22-13-16-29(17-14-22)30-25(24-12-11-23(35-24)20-9-10-20)26(32)31(29)18-15-19-5-7-21(8-6-19)27(33)34-4/h4-7,10-11,21,23H,8-9,12-19H2,1-3H3,(H,32,37)(H,35,36);5-8,11-12,20,22H,9-10,13-18H2,1-4H3. The Labute approximate surface area is 445 Å². The molecule has 10 rings (SSSR count). The number of esters is 1. The van der Waals surface area contributed by atoms with Crippen molar-refractivity contribution in [2.24, 2.45) is 32.7 Å². The molecule has 394 valence electrons. The molecule has 0 bridgehead atoms. The Kier molecular flexibility index (Phi) is 15.6. The summed E-state index contributed by atoms with van der Waals surface area (Å²) in [6, 6.07) is 23.4. The minimum atomic E-state index is -0.943. The highest BCUT2D eigenvalue weighted by Gasteiger charge is 2.52. The zero-order valence-corrected chi connectivity index (χ0v) is 46.1. The summed E-state index contributed by atoms with van der Waals surface area (Å²) in [6.45, 7) is 15.2. The van der Waals surface area contributed by atoms with Crippen LogP contribution in [0.25, 0.3) is 0 Å². The van der Waals surface area contributed by atoms with E-state index in [1.165, 1.54) is 42.5 Å². The number of carbonyl (C=O) groups is 5. The van der Waals surface area contributed by atoms with Gasteiger partial charge in [-0.25, -0.2) is 4.79 Å². The van der Waals surface area contributed by atoms with Crippen molar-refractivity contribution in [2.75, 3.05) is 26.7 Å². The molecular formula is C60H75N5O7S2. The third-order valence-electron chi connectivity index (χ3n) is 16.7. The number of carboxylic acid groups (broad SMARTS) is 1. The van der Waals surface area contributed by atoms with E-state index >= 15 is 0 Å². The molecule has 14 heteroatoms. The fraction of sp³-hybridized carbons (Fsp3) is 0.550. The summed E-state index contributed by atoms with van der Waals surface area (Å²) in [5, 5.41) is 11.4. The average molecular weight is 1040 g/mol. The highest BCUT2D eigenvalue weighted by molar-refractivity contribution is 7.15. The van der Waals surface area contributed by atoms with Gasteiger partial charge in [0.15, 0.2) is 0 Å². The Morgan fingerprint density at radius 3 is 1.39 bits per heavy atom. The van der Waals surface area contributed by atoms with Gasteiger partial charge in [0.2, 0.25) is 0 Å². The Balaban J connectivity index is 0.000000183. The van der Waals surface area contributed by atoms with Gasteiger partial charge in [-0.05, 0) is 184 Å². The largest absolute Gasteiger partial charge is 0.481 e. The number of nitrogens with zero attached hydrogens (tertiary/aromatic N) is 4. The molecule has 4 heterocycles. The van der Waals surface area contributed by atoms with Crippen LogP contribution in [-0.2, 0) is 32.0 Å². The Morgan fingerprint density at radius 1 is 0.622 bits per heavy atom. The summed E-state index contributed by atoms with van der Waals surface area (Å²) in [6.07, 6.45) is 14.3. The smallest absolute Gasteiger partial charge is 0.337 e. The van der Waals surface area contributed by atoms with E-state index in [9.17, 15) is 24.0 Å². The predicted octanol–water partition coefficient (Wildman–Crippen LogP) is 11.9. The first-order valence-corrected chi connectivity index (χ1v) is 28.7. The molecule has 4 saturated carbocycles. The summed E-state index contributed by atoms with van der Waals surface area (Å²) in [5.74, 6) is 1.18. The van der Waals surface area contributed by atoms with Crippen LogP contribution >= 0.6 is 22.7 Å². The second kappa shape index (κ2) is 21.6. The van der Waals surface area contributed by atoms with E-state index in [0.29, 0.717) is 65.7 Å². The maximum absolute atomic E-state index is 13.9. The molecule has 74 heavy (non-hydrogen) atoms. The van der Waals surface area contributed by atoms with Crippen molar-refractivity contribution in [2.45, 2.75) is 161 Å². The molecule has 2 aliphatic heterocycles. The predicted molar refractivity (Wildman–Crippen MR) is 294 cm³/mol. The minimum Gasteiger partial charge on any atom is -0.481 e. The molecule has 4 aromatic rings. The third kappa shape index (κ3) is 12.0. The Hall–Kier alpha value is -5.47. The van der Waals surface area contributed by atoms with Crippen molar-refractivity contribution >= 4 is 63.8 Å². The van der Waals surface area contributed by atoms with E-state index in [2.05, 4.69) is 76.0 Å². The van der Waals surface area contributed by atoms with Crippen LogP contribution in [-0.4, -0.2) is 94.1 Å². The quantitative estimate of drug-likeness (QED) is 0.112. The van der Waals surface area contributed by atoms with Crippen LogP contribution in [0.1, 0.15) is 188 Å². The number of carbonyl (C=O) groups excluding carboxylic acids is 4. The molecule has 2 aromatic carbocycles. The maximum atomic E-state index is 13.9. The number of ether oxygens (including phenoxy) is 1. The molecule has 0 atom stereocenters. The van der Waals surface area contributed by atoms with Crippen LogP contribution in [0, 0.1) is 22.7 Å². The highest BCUT2D eigenvalue weighted by atomic mass is 32.1. The molecular weight excluding hydrogens is 967 g/mol. The van der Waals surface area contributed by atoms with Gasteiger partial charge < -0.3 is 25.0 Å². The summed E-state index contributed by atoms with van der Waals surface area (Å²) in [5.41, 5.74) is 4.10. The van der Waals surface area contributed by atoms with Gasteiger partial charge in [-0.15, -0.1) is 22.7 Å². The first kappa shape index (κ1) is 53.4. The summed E-state index contributed by atoms with van der Waals surface area (Å²) in [4.78, 5) is 81.7. The number of thiophene rings is 2. The number of methoxy groups -OCH3 is 1. The number of carboxylic acids is 1. The van der Waals surface area contributed by atoms with E-state index in [-0.39, 0.29) is 47.5 Å². The van der Waals surface area contributed by atoms with Gasteiger partial charge in [-0.2, -0.15) is 0 Å². The van der Waals surface area contributed by atoms with Crippen molar-refractivity contribution in [3.8, 4) is 0 Å². The lowest BCUT2D eigenvalue weighted by Gasteiger charge is -2.45. The third-order valence-corrected chi connectivity index (χ3v) is 19.2. The summed E-state index contributed by atoms with van der Waals surface area (Å²) in [7, 11) is 1.39. The Bertz CT molecular complexity index is 2770. The lowest BCUT2D eigenvalue weighted by atomic mass is 9.69. The number of hydrogen-bond acceptors (Lipinski definition) is 10. The number of amides is 3. The maximum Gasteiger partial charge on any atom is 0.337 e. The molecule has 2 aromatic heterocycles. The minimum absolute atomic E-state index is 0.0443. The fourth-order valence-electron chi connectivity index (χ4n) is 11.6. The molecule has 4 aliphatic carbocycles. The fourth-order valence-corrected chi connectivity index (χ4v) is 13.9. The summed E-state index contributed by atoms with van der Waals surface area (Å²) >= 11 is 3.49. The molecule has 12 nitrogen and oxygen atoms in total. The normalized spacial score (nSPS) is 23.9. The van der Waals surface area contributed by atoms with Gasteiger partial charge in [0, 0.05) is 35.0 Å². The van der Waals surface area contributed by atoms with Crippen LogP contribution in [0.15, 0.2) is 82.8 Å². The lowest BCUT2D eigenvalue weighted by molar-refractivity contribution is -0.137. The second-order valence-electron chi connectivity index (χ2n) is 23.8. The van der Waals surface area contributed by atoms with Crippen molar-refractivity contribution in [1.82, 2.24) is 15.1 Å². The van der Waals surface area contributed by atoms with Gasteiger partial charge in [-0.3, -0.25) is 29.2 Å². The van der Waals surface area contributed by atoms with Crippen LogP contribution in [0.5, 0.6) is 0 Å². The monoisotopic (exact) mass is 1040 g/mol. The summed E-state index contributed by atoms with van der Waals surface area (Å²) < 4.78 is 4.81. The highest BCUT2D eigenvalue weighted by Crippen LogP contribution is 2.50. The van der Waals surface area contributed by atoms with Crippen molar-refractivity contribution < 1.29 is 33.8 Å². The second-order valence-corrected chi connectivity index (χ2v) is 26.0. The van der Waals surface area contributed by atoms with Gasteiger partial charge in [-0.1, -0.05) is 65.8 Å². The van der Waals surface area contributed by atoms with Crippen molar-refractivity contribution in [3.05, 3.63) is 115 Å². The first-order valence-electron chi connectivity index (χ1n) is 27.1. The molecule has 0 radical (unpaired) electrons. The number of hydrogen-bond donors (Lipinski definition) is 2. The molecule has 2 spiro atoms. The Morgan fingerprint density at radius 2 is 1.03 bits per heavy atom. The van der Waals surface area contributed by atoms with E-state index in [4.69, 9.17) is 19.8 Å². The van der Waals surface area contributed by atoms with Crippen LogP contribution in [0.2, 0.25) is 0 Å². The van der Waals surface area contributed by atoms with Crippen LogP contribution in [0.3, 0.4) is 0 Å². The van der Waals surface area contributed by atoms with Crippen molar-refractivity contribution in [1.29, 1.82) is 0 Å². The van der Waals surface area contributed by atoms with Gasteiger partial charge in [0.25, 0.3) is 17.7 Å². The van der Waals surface area contributed by atoms with Crippen molar-refractivity contribution in [3.63, 3.8) is 0 Å². The number of nitrogens with one attached hydrogen (secondary N) is 1. The van der Waals surface area contributed by atoms with Crippen LogP contribution in [0.4, 0.5) is 0 Å². The molecule has 6 aliphatic rings. The number of rotatable bonds is 15. The SMILES string of the molecule is CC(C)(C)C1CCC2(CC1)N=C(c1ccc(C3CC3)s1)C(=O)N2CCc1ccc(C(=O)NCCC(=O)O)cc1.COC(=O)c1ccc(CCN2C(=O)C(c3ccc(C4CC4)s3)=NC23CCC(C(C)(C)C)CC3)cc1. The number of benzene rings is 2. The van der Waals surface area contributed by atoms with E-state index < -0.39 is 17.3 Å². The van der Waals surface area contributed by atoms with Gasteiger partial charge in [0.1, 0.15) is 22.7 Å². The molecule has 0 unspecified atom stereocenters. The molecule has 4 fully saturated rings. The topological polar surface area (TPSA) is 158 Å². The van der Waals surface area contributed by atoms with E-state index in [0.717, 1.165) is 78.7 Å². The zero-order chi connectivity index (χ0) is 52.6. The number of aliphatic carboxylic acids is 1. The molecule has 0 saturated heterocycles. The molecule has 2 N–H and O–H groups in total. The van der Waals surface area contributed by atoms with Gasteiger partial charge >= 0.3 is 11.9 Å². The first-order chi connectivity index (χ1) is 35.3. The molecule has 3 amide bonds.